The fourth-order valence-corrected chi connectivity index (χ4v) is 2.26. The molecule has 0 bridgehead atoms. The van der Waals surface area contributed by atoms with E-state index in [1.807, 2.05) is 42.5 Å². The molecular formula is C18H21NO2S. The van der Waals surface area contributed by atoms with Crippen molar-refractivity contribution in [1.82, 2.24) is 0 Å². The summed E-state index contributed by atoms with van der Waals surface area (Å²) in [5.41, 5.74) is 7.47. The fourth-order valence-electron chi connectivity index (χ4n) is 2.13. The minimum atomic E-state index is -0.0529. The van der Waals surface area contributed by atoms with Crippen LogP contribution in [-0.2, 0) is 5.41 Å². The summed E-state index contributed by atoms with van der Waals surface area (Å²) in [6.45, 7) is 6.43. The molecule has 0 unspecified atom stereocenters. The van der Waals surface area contributed by atoms with E-state index in [2.05, 4.69) is 20.8 Å². The van der Waals surface area contributed by atoms with E-state index in [0.717, 1.165) is 28.4 Å². The molecule has 0 fully saturated rings. The highest BCUT2D eigenvalue weighted by Gasteiger charge is 2.20. The number of methoxy groups -OCH3 is 1. The van der Waals surface area contributed by atoms with Crippen LogP contribution in [0.4, 0.5) is 0 Å². The summed E-state index contributed by atoms with van der Waals surface area (Å²) in [6, 6.07) is 13.3. The van der Waals surface area contributed by atoms with Crippen LogP contribution in [0.1, 0.15) is 31.9 Å². The molecule has 0 spiro atoms. The Morgan fingerprint density at radius 3 is 2.09 bits per heavy atom. The molecule has 0 aliphatic rings. The maximum Gasteiger partial charge on any atom is 0.131 e. The normalized spacial score (nSPS) is 11.1. The Labute approximate surface area is 137 Å². The van der Waals surface area contributed by atoms with Gasteiger partial charge in [0.15, 0.2) is 0 Å². The van der Waals surface area contributed by atoms with Gasteiger partial charge in [-0.05, 0) is 47.9 Å². The average molecular weight is 315 g/mol. The molecule has 0 saturated carbocycles. The summed E-state index contributed by atoms with van der Waals surface area (Å²) in [5.74, 6) is 2.38. The van der Waals surface area contributed by atoms with E-state index < -0.39 is 0 Å². The van der Waals surface area contributed by atoms with Gasteiger partial charge in [-0.2, -0.15) is 0 Å². The molecule has 22 heavy (non-hydrogen) atoms. The van der Waals surface area contributed by atoms with Gasteiger partial charge in [-0.3, -0.25) is 0 Å². The van der Waals surface area contributed by atoms with Crippen LogP contribution in [0, 0.1) is 0 Å². The first-order valence-electron chi connectivity index (χ1n) is 7.07. The van der Waals surface area contributed by atoms with Gasteiger partial charge >= 0.3 is 0 Å². The summed E-state index contributed by atoms with van der Waals surface area (Å²) in [5, 5.41) is 0. The van der Waals surface area contributed by atoms with Crippen molar-refractivity contribution in [2.24, 2.45) is 5.73 Å². The molecule has 0 heterocycles. The summed E-state index contributed by atoms with van der Waals surface area (Å²) in [6.07, 6.45) is 0. The van der Waals surface area contributed by atoms with Gasteiger partial charge in [0, 0.05) is 11.1 Å². The van der Waals surface area contributed by atoms with Gasteiger partial charge in [0.1, 0.15) is 22.2 Å². The lowest BCUT2D eigenvalue weighted by Gasteiger charge is -2.23. The van der Waals surface area contributed by atoms with Crippen LogP contribution < -0.4 is 15.2 Å². The Balaban J connectivity index is 2.34. The number of thiocarbonyl (C=S) groups is 1. The van der Waals surface area contributed by atoms with Gasteiger partial charge in [0.25, 0.3) is 0 Å². The summed E-state index contributed by atoms with van der Waals surface area (Å²) in [7, 11) is 1.66. The van der Waals surface area contributed by atoms with Crippen molar-refractivity contribution in [2.45, 2.75) is 26.2 Å². The lowest BCUT2D eigenvalue weighted by atomic mass is 9.86. The lowest BCUT2D eigenvalue weighted by Crippen LogP contribution is -2.13. The van der Waals surface area contributed by atoms with E-state index in [4.69, 9.17) is 27.4 Å². The predicted molar refractivity (Wildman–Crippen MR) is 94.1 cm³/mol. The monoisotopic (exact) mass is 315 g/mol. The van der Waals surface area contributed by atoms with Gasteiger partial charge < -0.3 is 15.2 Å². The summed E-state index contributed by atoms with van der Waals surface area (Å²) >= 11 is 4.96. The number of rotatable bonds is 4. The van der Waals surface area contributed by atoms with Crippen molar-refractivity contribution >= 4 is 17.2 Å². The van der Waals surface area contributed by atoms with E-state index >= 15 is 0 Å². The van der Waals surface area contributed by atoms with Crippen molar-refractivity contribution < 1.29 is 9.47 Å². The van der Waals surface area contributed by atoms with E-state index in [0.29, 0.717) is 4.99 Å². The van der Waals surface area contributed by atoms with Gasteiger partial charge in [-0.15, -0.1) is 0 Å². The van der Waals surface area contributed by atoms with Crippen molar-refractivity contribution in [1.29, 1.82) is 0 Å². The molecule has 0 saturated heterocycles. The third-order valence-corrected chi connectivity index (χ3v) is 3.60. The molecule has 2 aromatic carbocycles. The first-order chi connectivity index (χ1) is 10.3. The predicted octanol–water partition coefficient (Wildman–Crippen LogP) is 4.42. The Kier molecular flexibility index (Phi) is 4.71. The highest BCUT2D eigenvalue weighted by atomic mass is 32.1. The molecule has 0 aliphatic carbocycles. The molecule has 0 aromatic heterocycles. The van der Waals surface area contributed by atoms with Gasteiger partial charge in [-0.1, -0.05) is 33.0 Å². The van der Waals surface area contributed by atoms with Crippen molar-refractivity contribution in [2.75, 3.05) is 7.11 Å². The largest absolute Gasteiger partial charge is 0.497 e. The van der Waals surface area contributed by atoms with Crippen molar-refractivity contribution in [3.8, 4) is 17.2 Å². The highest BCUT2D eigenvalue weighted by molar-refractivity contribution is 7.80. The van der Waals surface area contributed by atoms with Crippen LogP contribution in [0.5, 0.6) is 17.2 Å². The van der Waals surface area contributed by atoms with Crippen LogP contribution in [0.25, 0.3) is 0 Å². The first-order valence-corrected chi connectivity index (χ1v) is 7.48. The van der Waals surface area contributed by atoms with Crippen LogP contribution in [0.2, 0.25) is 0 Å². The molecule has 4 heteroatoms. The first kappa shape index (κ1) is 16.3. The molecule has 0 aliphatic heterocycles. The fraction of sp³-hybridized carbons (Fsp3) is 0.278. The van der Waals surface area contributed by atoms with Gasteiger partial charge in [0.05, 0.1) is 7.11 Å². The van der Waals surface area contributed by atoms with Crippen LogP contribution in [-0.4, -0.2) is 12.1 Å². The number of hydrogen-bond donors (Lipinski definition) is 1. The second-order valence-corrected chi connectivity index (χ2v) is 6.54. The quantitative estimate of drug-likeness (QED) is 0.848. The van der Waals surface area contributed by atoms with Gasteiger partial charge in [-0.25, -0.2) is 0 Å². The number of nitrogens with two attached hydrogens (primary N) is 1. The Morgan fingerprint density at radius 1 is 1.00 bits per heavy atom. The minimum Gasteiger partial charge on any atom is -0.497 e. The Bertz CT molecular complexity index is 672. The zero-order valence-corrected chi connectivity index (χ0v) is 14.2. The maximum absolute atomic E-state index is 6.03. The third-order valence-electron chi connectivity index (χ3n) is 3.36. The molecule has 0 radical (unpaired) electrons. The van der Waals surface area contributed by atoms with Crippen LogP contribution in [0.3, 0.4) is 0 Å². The zero-order valence-electron chi connectivity index (χ0n) is 13.3. The van der Waals surface area contributed by atoms with Crippen molar-refractivity contribution in [3.63, 3.8) is 0 Å². The lowest BCUT2D eigenvalue weighted by molar-refractivity contribution is 0.407. The van der Waals surface area contributed by atoms with E-state index in [9.17, 15) is 0 Å². The molecule has 2 rings (SSSR count). The van der Waals surface area contributed by atoms with Crippen LogP contribution >= 0.6 is 12.2 Å². The second kappa shape index (κ2) is 6.36. The SMILES string of the molecule is COc1ccc(Oc2ccc(C(N)=S)cc2)c(C(C)(C)C)c1. The highest BCUT2D eigenvalue weighted by Crippen LogP contribution is 2.36. The van der Waals surface area contributed by atoms with Crippen molar-refractivity contribution in [3.05, 3.63) is 53.6 Å². The maximum atomic E-state index is 6.03. The van der Waals surface area contributed by atoms with Gasteiger partial charge in [0.2, 0.25) is 0 Å². The second-order valence-electron chi connectivity index (χ2n) is 6.10. The average Bonchev–Trinajstić information content (AvgIpc) is 2.47. The van der Waals surface area contributed by atoms with E-state index in [1.54, 1.807) is 7.11 Å². The topological polar surface area (TPSA) is 44.5 Å². The van der Waals surface area contributed by atoms with E-state index in [-0.39, 0.29) is 5.41 Å². The molecular weight excluding hydrogens is 294 g/mol. The van der Waals surface area contributed by atoms with E-state index in [1.165, 1.54) is 0 Å². The zero-order chi connectivity index (χ0) is 16.3. The smallest absolute Gasteiger partial charge is 0.131 e. The Morgan fingerprint density at radius 2 is 1.59 bits per heavy atom. The number of benzene rings is 2. The summed E-state index contributed by atoms with van der Waals surface area (Å²) < 4.78 is 11.3. The minimum absolute atomic E-state index is 0.0529. The molecule has 3 nitrogen and oxygen atoms in total. The van der Waals surface area contributed by atoms with Crippen LogP contribution in [0.15, 0.2) is 42.5 Å². The molecule has 0 amide bonds. The summed E-state index contributed by atoms with van der Waals surface area (Å²) in [4.78, 5) is 0.381. The molecule has 2 aromatic rings. The molecule has 116 valence electrons. The standard InChI is InChI=1S/C18H21NO2S/c1-18(2,3)15-11-14(20-4)9-10-16(15)21-13-7-5-12(6-8-13)17(19)22/h5-11H,1-4H3,(H2,19,22). The number of ether oxygens (including phenoxy) is 2. The number of hydrogen-bond acceptors (Lipinski definition) is 3. The molecule has 0 atom stereocenters. The molecule has 2 N–H and O–H groups in total. The third kappa shape index (κ3) is 3.77. The Hall–Kier alpha value is -2.07.